The van der Waals surface area contributed by atoms with E-state index in [1.54, 1.807) is 23.6 Å². The van der Waals surface area contributed by atoms with Crippen LogP contribution in [0.2, 0.25) is 0 Å². The number of thiazole rings is 1. The Morgan fingerprint density at radius 1 is 1.25 bits per heavy atom. The van der Waals surface area contributed by atoms with E-state index in [2.05, 4.69) is 19.6 Å². The molecule has 0 radical (unpaired) electrons. The van der Waals surface area contributed by atoms with Gasteiger partial charge in [-0.1, -0.05) is 0 Å². The van der Waals surface area contributed by atoms with Gasteiger partial charge in [-0.15, -0.1) is 11.3 Å². The number of anilines is 1. The minimum Gasteiger partial charge on any atom is -0.454 e. The lowest BCUT2D eigenvalue weighted by Gasteiger charge is -2.35. The Hall–Kier alpha value is -2.82. The van der Waals surface area contributed by atoms with E-state index in [0.717, 1.165) is 18.2 Å². The van der Waals surface area contributed by atoms with Gasteiger partial charge < -0.3 is 29.7 Å². The molecule has 0 bridgehead atoms. The summed E-state index contributed by atoms with van der Waals surface area (Å²) in [5.74, 6) is 1.21. The summed E-state index contributed by atoms with van der Waals surface area (Å²) in [5.41, 5.74) is 6.58. The number of rotatable bonds is 5. The zero-order chi connectivity index (χ0) is 19.5. The van der Waals surface area contributed by atoms with Gasteiger partial charge in [0.2, 0.25) is 6.79 Å². The highest BCUT2D eigenvalue weighted by atomic mass is 32.1. The van der Waals surface area contributed by atoms with Gasteiger partial charge in [-0.05, 0) is 6.07 Å². The molecule has 0 atom stereocenters. The highest BCUT2D eigenvalue weighted by molar-refractivity contribution is 7.13. The number of aliphatic imine (C=N–C) groups is 1. The van der Waals surface area contributed by atoms with Crippen LogP contribution in [-0.2, 0) is 6.54 Å². The number of nitrogens with zero attached hydrogens (tertiary/aromatic N) is 4. The lowest BCUT2D eigenvalue weighted by atomic mass is 10.1. The minimum absolute atomic E-state index is 0.00406. The number of fused-ring (bicyclic) bond motifs is 1. The van der Waals surface area contributed by atoms with E-state index < -0.39 is 6.61 Å². The van der Waals surface area contributed by atoms with Crippen molar-refractivity contribution in [3.05, 3.63) is 29.3 Å². The van der Waals surface area contributed by atoms with Crippen LogP contribution < -0.4 is 24.8 Å². The van der Waals surface area contributed by atoms with Gasteiger partial charge in [0.05, 0.1) is 6.54 Å². The van der Waals surface area contributed by atoms with Gasteiger partial charge in [0.25, 0.3) is 0 Å². The molecule has 2 aliphatic heterocycles. The van der Waals surface area contributed by atoms with Crippen molar-refractivity contribution in [1.82, 2.24) is 9.88 Å². The molecule has 1 saturated heterocycles. The fourth-order valence-electron chi connectivity index (χ4n) is 3.06. The first-order valence-corrected chi connectivity index (χ1v) is 9.55. The molecule has 4 rings (SSSR count). The van der Waals surface area contributed by atoms with Crippen LogP contribution in [-0.4, -0.2) is 55.4 Å². The molecule has 11 heteroatoms. The highest BCUT2D eigenvalue weighted by Crippen LogP contribution is 2.39. The lowest BCUT2D eigenvalue weighted by Crippen LogP contribution is -2.51. The average molecular weight is 411 g/mol. The van der Waals surface area contributed by atoms with Crippen LogP contribution in [0.15, 0.2) is 28.7 Å². The van der Waals surface area contributed by atoms with Crippen LogP contribution in [0.4, 0.5) is 13.9 Å². The molecule has 1 fully saturated rings. The Morgan fingerprint density at radius 2 is 2.00 bits per heavy atom. The maximum absolute atomic E-state index is 12.7. The molecule has 1 aromatic carbocycles. The fraction of sp³-hybridized carbons (Fsp3) is 0.412. The van der Waals surface area contributed by atoms with E-state index in [-0.39, 0.29) is 19.1 Å². The normalized spacial score (nSPS) is 16.8. The van der Waals surface area contributed by atoms with Crippen molar-refractivity contribution in [3.63, 3.8) is 0 Å². The molecule has 0 aliphatic carbocycles. The Labute approximate surface area is 164 Å². The van der Waals surface area contributed by atoms with Crippen molar-refractivity contribution in [1.29, 1.82) is 0 Å². The van der Waals surface area contributed by atoms with Gasteiger partial charge in [-0.3, -0.25) is 0 Å². The minimum atomic E-state index is -2.95. The van der Waals surface area contributed by atoms with Crippen molar-refractivity contribution < 1.29 is 23.0 Å². The quantitative estimate of drug-likeness (QED) is 0.596. The van der Waals surface area contributed by atoms with Crippen LogP contribution in [0.1, 0.15) is 5.56 Å². The van der Waals surface area contributed by atoms with E-state index in [1.807, 2.05) is 10.3 Å². The number of aromatic nitrogens is 1. The molecular formula is C17H19F2N5O3S. The Morgan fingerprint density at radius 3 is 2.68 bits per heavy atom. The number of hydrogen-bond acceptors (Lipinski definition) is 7. The van der Waals surface area contributed by atoms with E-state index >= 15 is 0 Å². The molecule has 0 saturated carbocycles. The third-order valence-electron chi connectivity index (χ3n) is 4.48. The topological polar surface area (TPSA) is 85.4 Å². The molecule has 0 spiro atoms. The molecule has 0 amide bonds. The first kappa shape index (κ1) is 18.5. The highest BCUT2D eigenvalue weighted by Gasteiger charge is 2.22. The monoisotopic (exact) mass is 411 g/mol. The molecule has 3 heterocycles. The average Bonchev–Trinajstić information content (AvgIpc) is 3.37. The molecular weight excluding hydrogens is 392 g/mol. The predicted octanol–water partition coefficient (Wildman–Crippen LogP) is 2.11. The van der Waals surface area contributed by atoms with Gasteiger partial charge in [-0.2, -0.15) is 8.78 Å². The van der Waals surface area contributed by atoms with Crippen LogP contribution in [0.5, 0.6) is 17.2 Å². The molecule has 1 aromatic heterocycles. The van der Waals surface area contributed by atoms with Crippen molar-refractivity contribution in [2.45, 2.75) is 13.2 Å². The molecule has 0 unspecified atom stereocenters. The van der Waals surface area contributed by atoms with Crippen LogP contribution in [0.3, 0.4) is 0 Å². The van der Waals surface area contributed by atoms with Gasteiger partial charge in [-0.25, -0.2) is 9.98 Å². The number of guanidine groups is 1. The smallest absolute Gasteiger partial charge is 0.387 e. The van der Waals surface area contributed by atoms with Crippen LogP contribution in [0.25, 0.3) is 0 Å². The second-order valence-corrected chi connectivity index (χ2v) is 7.03. The van der Waals surface area contributed by atoms with Crippen molar-refractivity contribution in [2.24, 2.45) is 10.7 Å². The summed E-state index contributed by atoms with van der Waals surface area (Å²) in [6.45, 7) is 0.173. The number of ether oxygens (including phenoxy) is 3. The predicted molar refractivity (Wildman–Crippen MR) is 100 cm³/mol. The first-order valence-electron chi connectivity index (χ1n) is 8.67. The molecule has 2 aliphatic rings. The molecule has 2 N–H and O–H groups in total. The number of hydrogen-bond donors (Lipinski definition) is 1. The molecule has 28 heavy (non-hydrogen) atoms. The fourth-order valence-corrected chi connectivity index (χ4v) is 3.76. The maximum atomic E-state index is 12.7. The number of piperazine rings is 1. The van der Waals surface area contributed by atoms with E-state index in [1.165, 1.54) is 6.07 Å². The summed E-state index contributed by atoms with van der Waals surface area (Å²) < 4.78 is 40.6. The molecule has 8 nitrogen and oxygen atoms in total. The Kier molecular flexibility index (Phi) is 5.33. The first-order chi connectivity index (χ1) is 13.6. The number of nitrogens with two attached hydrogens (primary N) is 1. The van der Waals surface area contributed by atoms with Gasteiger partial charge in [0, 0.05) is 49.4 Å². The van der Waals surface area contributed by atoms with Crippen LogP contribution >= 0.6 is 11.3 Å². The Bertz CT molecular complexity index is 842. The van der Waals surface area contributed by atoms with Crippen molar-refractivity contribution in [3.8, 4) is 17.2 Å². The summed E-state index contributed by atoms with van der Waals surface area (Å²) >= 11 is 1.60. The number of alkyl halides is 2. The maximum Gasteiger partial charge on any atom is 0.387 e. The van der Waals surface area contributed by atoms with E-state index in [0.29, 0.717) is 36.1 Å². The van der Waals surface area contributed by atoms with Gasteiger partial charge in [0.1, 0.15) is 5.75 Å². The zero-order valence-electron chi connectivity index (χ0n) is 14.9. The largest absolute Gasteiger partial charge is 0.454 e. The van der Waals surface area contributed by atoms with E-state index in [4.69, 9.17) is 15.2 Å². The second-order valence-electron chi connectivity index (χ2n) is 6.15. The lowest BCUT2D eigenvalue weighted by molar-refractivity contribution is -0.0505. The second kappa shape index (κ2) is 8.05. The van der Waals surface area contributed by atoms with Crippen LogP contribution in [0, 0.1) is 0 Å². The Balaban J connectivity index is 1.42. The number of halogens is 2. The third kappa shape index (κ3) is 4.03. The summed E-state index contributed by atoms with van der Waals surface area (Å²) in [5, 5.41) is 2.94. The van der Waals surface area contributed by atoms with Crippen molar-refractivity contribution >= 4 is 22.4 Å². The third-order valence-corrected chi connectivity index (χ3v) is 5.31. The SMILES string of the molecule is NC(=NCc1cc2c(cc1OC(F)F)OCO2)N1CCN(c2nccs2)CC1. The van der Waals surface area contributed by atoms with Gasteiger partial charge in [0.15, 0.2) is 22.6 Å². The number of benzene rings is 1. The van der Waals surface area contributed by atoms with Gasteiger partial charge >= 0.3 is 6.61 Å². The summed E-state index contributed by atoms with van der Waals surface area (Å²) in [4.78, 5) is 12.8. The standard InChI is InChI=1S/C17H19F2N5O3S/c18-15(19)27-12-8-14-13(25-10-26-14)7-11(12)9-22-16(20)23-2-4-24(5-3-23)17-21-1-6-28-17/h1,6-8,15H,2-5,9-10H2,(H2,20,22). The van der Waals surface area contributed by atoms with Crippen molar-refractivity contribution in [2.75, 3.05) is 37.9 Å². The summed E-state index contributed by atoms with van der Waals surface area (Å²) in [7, 11) is 0. The zero-order valence-corrected chi connectivity index (χ0v) is 15.7. The summed E-state index contributed by atoms with van der Waals surface area (Å²) in [6.07, 6.45) is 1.78. The molecule has 2 aromatic rings. The summed E-state index contributed by atoms with van der Waals surface area (Å²) in [6, 6.07) is 2.99. The molecule has 150 valence electrons. The van der Waals surface area contributed by atoms with E-state index in [9.17, 15) is 8.78 Å².